The highest BCUT2D eigenvalue weighted by Gasteiger charge is 2.20. The van der Waals surface area contributed by atoms with Gasteiger partial charge in [-0.3, -0.25) is 0 Å². The van der Waals surface area contributed by atoms with Crippen LogP contribution >= 0.6 is 15.9 Å². The van der Waals surface area contributed by atoms with Gasteiger partial charge in [-0.25, -0.2) is 0 Å². The van der Waals surface area contributed by atoms with E-state index in [1.165, 1.54) is 0 Å². The first-order chi connectivity index (χ1) is 8.08. The molecule has 3 nitrogen and oxygen atoms in total. The molecular weight excluding hydrogens is 280 g/mol. The first-order valence-corrected chi connectivity index (χ1v) is 6.85. The summed E-state index contributed by atoms with van der Waals surface area (Å²) in [5, 5.41) is 9.74. The molecule has 1 saturated heterocycles. The summed E-state index contributed by atoms with van der Waals surface area (Å²) < 4.78 is 1.05. The molecule has 1 aromatic carbocycles. The molecule has 1 aliphatic heterocycles. The van der Waals surface area contributed by atoms with Crippen molar-refractivity contribution in [2.45, 2.75) is 31.9 Å². The fourth-order valence-electron chi connectivity index (χ4n) is 2.35. The third-order valence-corrected chi connectivity index (χ3v) is 3.71. The van der Waals surface area contributed by atoms with Gasteiger partial charge >= 0.3 is 0 Å². The van der Waals surface area contributed by atoms with Crippen LogP contribution in [0.5, 0.6) is 0 Å². The Balaban J connectivity index is 2.30. The number of nitrogens with two attached hydrogens (primary N) is 1. The second-order valence-corrected chi connectivity index (χ2v) is 5.65. The standard InChI is InChI=1S/C13H19BrN2O/c1-9(15)12-7-10(14)4-5-13(12)16-6-2-3-11(17)8-16/h4-5,7,9,11,17H,2-3,6,8,15H2,1H3. The monoisotopic (exact) mass is 298 g/mol. The second-order valence-electron chi connectivity index (χ2n) is 4.73. The molecule has 17 heavy (non-hydrogen) atoms. The van der Waals surface area contributed by atoms with Gasteiger partial charge in [0.1, 0.15) is 0 Å². The van der Waals surface area contributed by atoms with Crippen molar-refractivity contribution in [3.05, 3.63) is 28.2 Å². The molecule has 0 radical (unpaired) electrons. The minimum absolute atomic E-state index is 0.00145. The number of rotatable bonds is 2. The van der Waals surface area contributed by atoms with E-state index in [-0.39, 0.29) is 12.1 Å². The van der Waals surface area contributed by atoms with Gasteiger partial charge in [-0.1, -0.05) is 15.9 Å². The number of anilines is 1. The van der Waals surface area contributed by atoms with Gasteiger partial charge < -0.3 is 15.7 Å². The lowest BCUT2D eigenvalue weighted by Gasteiger charge is -2.34. The van der Waals surface area contributed by atoms with Gasteiger partial charge in [-0.2, -0.15) is 0 Å². The highest BCUT2D eigenvalue weighted by Crippen LogP contribution is 2.30. The van der Waals surface area contributed by atoms with E-state index in [0.717, 1.165) is 35.1 Å². The van der Waals surface area contributed by atoms with Crippen LogP contribution in [-0.2, 0) is 0 Å². The van der Waals surface area contributed by atoms with Crippen LogP contribution in [-0.4, -0.2) is 24.3 Å². The SMILES string of the molecule is CC(N)c1cc(Br)ccc1N1CCCC(O)C1. The number of hydrogen-bond acceptors (Lipinski definition) is 3. The van der Waals surface area contributed by atoms with Crippen molar-refractivity contribution < 1.29 is 5.11 Å². The van der Waals surface area contributed by atoms with Crippen LogP contribution in [0.4, 0.5) is 5.69 Å². The van der Waals surface area contributed by atoms with Crippen LogP contribution in [0.2, 0.25) is 0 Å². The van der Waals surface area contributed by atoms with Gasteiger partial charge in [0.2, 0.25) is 0 Å². The van der Waals surface area contributed by atoms with E-state index in [0.29, 0.717) is 6.54 Å². The number of aliphatic hydroxyl groups excluding tert-OH is 1. The van der Waals surface area contributed by atoms with Gasteiger partial charge in [0, 0.05) is 29.3 Å². The highest BCUT2D eigenvalue weighted by atomic mass is 79.9. The normalized spacial score (nSPS) is 22.6. The number of piperidine rings is 1. The maximum absolute atomic E-state index is 9.74. The largest absolute Gasteiger partial charge is 0.391 e. The molecule has 1 fully saturated rings. The summed E-state index contributed by atoms with van der Waals surface area (Å²) in [6.07, 6.45) is 1.73. The Bertz CT molecular complexity index is 395. The molecule has 4 heteroatoms. The summed E-state index contributed by atoms with van der Waals surface area (Å²) in [6, 6.07) is 6.19. The van der Waals surface area contributed by atoms with Crippen LogP contribution in [0.3, 0.4) is 0 Å². The number of hydrogen-bond donors (Lipinski definition) is 2. The van der Waals surface area contributed by atoms with Gasteiger partial charge in [0.05, 0.1) is 6.10 Å². The van der Waals surface area contributed by atoms with E-state index in [1.807, 2.05) is 13.0 Å². The molecule has 0 bridgehead atoms. The molecule has 1 heterocycles. The van der Waals surface area contributed by atoms with Crippen molar-refractivity contribution in [1.29, 1.82) is 0 Å². The lowest BCUT2D eigenvalue weighted by atomic mass is 10.0. The average Bonchev–Trinajstić information content (AvgIpc) is 2.28. The summed E-state index contributed by atoms with van der Waals surface area (Å²) in [6.45, 7) is 3.70. The Morgan fingerprint density at radius 3 is 2.94 bits per heavy atom. The second kappa shape index (κ2) is 5.38. The molecule has 0 aliphatic carbocycles. The number of halogens is 1. The molecule has 94 valence electrons. The van der Waals surface area contributed by atoms with E-state index >= 15 is 0 Å². The molecule has 2 rings (SSSR count). The molecule has 0 amide bonds. The third kappa shape index (κ3) is 3.00. The van der Waals surface area contributed by atoms with E-state index < -0.39 is 0 Å². The van der Waals surface area contributed by atoms with E-state index in [9.17, 15) is 5.11 Å². The fraction of sp³-hybridized carbons (Fsp3) is 0.538. The minimum Gasteiger partial charge on any atom is -0.391 e. The third-order valence-electron chi connectivity index (χ3n) is 3.22. The first kappa shape index (κ1) is 12.9. The number of aliphatic hydroxyl groups is 1. The Labute approximate surface area is 111 Å². The summed E-state index contributed by atoms with van der Waals surface area (Å²) in [5.41, 5.74) is 8.30. The minimum atomic E-state index is -0.215. The lowest BCUT2D eigenvalue weighted by Crippen LogP contribution is -2.39. The molecule has 1 aliphatic rings. The summed E-state index contributed by atoms with van der Waals surface area (Å²) in [4.78, 5) is 2.24. The number of benzene rings is 1. The van der Waals surface area contributed by atoms with Crippen LogP contribution in [0.25, 0.3) is 0 Å². The van der Waals surface area contributed by atoms with Gasteiger partial charge in [-0.05, 0) is 43.5 Å². The molecular formula is C13H19BrN2O. The topological polar surface area (TPSA) is 49.5 Å². The Morgan fingerprint density at radius 1 is 1.53 bits per heavy atom. The average molecular weight is 299 g/mol. The maximum atomic E-state index is 9.74. The predicted octanol–water partition coefficient (Wildman–Crippen LogP) is 2.43. The summed E-state index contributed by atoms with van der Waals surface area (Å²) >= 11 is 3.48. The quantitative estimate of drug-likeness (QED) is 0.882. The highest BCUT2D eigenvalue weighted by molar-refractivity contribution is 9.10. The summed E-state index contributed by atoms with van der Waals surface area (Å²) in [7, 11) is 0. The number of nitrogens with zero attached hydrogens (tertiary/aromatic N) is 1. The van der Waals surface area contributed by atoms with Crippen molar-refractivity contribution in [1.82, 2.24) is 0 Å². The van der Waals surface area contributed by atoms with E-state index in [4.69, 9.17) is 5.73 Å². The van der Waals surface area contributed by atoms with E-state index in [1.54, 1.807) is 0 Å². The van der Waals surface area contributed by atoms with Crippen LogP contribution < -0.4 is 10.6 Å². The smallest absolute Gasteiger partial charge is 0.0715 e. The van der Waals surface area contributed by atoms with Crippen LogP contribution in [0.1, 0.15) is 31.4 Å². The Morgan fingerprint density at radius 2 is 2.29 bits per heavy atom. The zero-order valence-corrected chi connectivity index (χ0v) is 11.7. The predicted molar refractivity (Wildman–Crippen MR) is 74.2 cm³/mol. The molecule has 2 unspecified atom stereocenters. The fourth-order valence-corrected chi connectivity index (χ4v) is 2.73. The van der Waals surface area contributed by atoms with Gasteiger partial charge in [-0.15, -0.1) is 0 Å². The molecule has 1 aromatic rings. The zero-order chi connectivity index (χ0) is 12.4. The van der Waals surface area contributed by atoms with E-state index in [2.05, 4.69) is 33.0 Å². The van der Waals surface area contributed by atoms with Crippen molar-refractivity contribution >= 4 is 21.6 Å². The van der Waals surface area contributed by atoms with Crippen LogP contribution in [0.15, 0.2) is 22.7 Å². The number of β-amino-alcohol motifs (C(OH)–C–C–N with tert-alkyl or cyclic N) is 1. The molecule has 3 N–H and O–H groups in total. The van der Waals surface area contributed by atoms with Crippen LogP contribution in [0, 0.1) is 0 Å². The van der Waals surface area contributed by atoms with Crippen molar-refractivity contribution in [3.8, 4) is 0 Å². The first-order valence-electron chi connectivity index (χ1n) is 6.06. The summed E-state index contributed by atoms with van der Waals surface area (Å²) in [5.74, 6) is 0. The zero-order valence-electron chi connectivity index (χ0n) is 10.1. The van der Waals surface area contributed by atoms with Crippen molar-refractivity contribution in [3.63, 3.8) is 0 Å². The Kier molecular flexibility index (Phi) is 4.07. The maximum Gasteiger partial charge on any atom is 0.0715 e. The molecule has 0 saturated carbocycles. The van der Waals surface area contributed by atoms with Gasteiger partial charge in [0.25, 0.3) is 0 Å². The van der Waals surface area contributed by atoms with Crippen molar-refractivity contribution in [2.75, 3.05) is 18.0 Å². The lowest BCUT2D eigenvalue weighted by molar-refractivity contribution is 0.154. The Hall–Kier alpha value is -0.580. The molecule has 0 spiro atoms. The molecule has 0 aromatic heterocycles. The molecule has 2 atom stereocenters. The van der Waals surface area contributed by atoms with Gasteiger partial charge in [0.15, 0.2) is 0 Å². The van der Waals surface area contributed by atoms with Crippen molar-refractivity contribution in [2.24, 2.45) is 5.73 Å².